The van der Waals surface area contributed by atoms with E-state index in [2.05, 4.69) is 0 Å². The molecule has 2 aromatic carbocycles. The third-order valence-corrected chi connectivity index (χ3v) is 2.70. The van der Waals surface area contributed by atoms with Gasteiger partial charge in [0.15, 0.2) is 0 Å². The molecule has 0 saturated heterocycles. The van der Waals surface area contributed by atoms with E-state index in [9.17, 15) is 0 Å². The first-order valence-electron chi connectivity index (χ1n) is 5.33. The number of phenols is 1. The number of phenolic OH excluding ortho intramolecular Hbond substituents is 1. The van der Waals surface area contributed by atoms with Gasteiger partial charge in [-0.05, 0) is 35.4 Å². The molecule has 2 rings (SSSR count). The maximum absolute atomic E-state index is 9.15. The van der Waals surface area contributed by atoms with Crippen molar-refractivity contribution in [1.29, 1.82) is 0 Å². The standard InChI is InChI=1S/C14H13ClO2/c15-9-12-2-1-3-14(8-12)17-10-11-4-6-13(16)7-5-11/h1-8,16H,9-10H2. The zero-order chi connectivity index (χ0) is 12.1. The van der Waals surface area contributed by atoms with E-state index >= 15 is 0 Å². The lowest BCUT2D eigenvalue weighted by atomic mass is 10.2. The quantitative estimate of drug-likeness (QED) is 0.836. The lowest BCUT2D eigenvalue weighted by Crippen LogP contribution is -1.95. The van der Waals surface area contributed by atoms with Crippen molar-refractivity contribution < 1.29 is 9.84 Å². The molecule has 0 saturated carbocycles. The summed E-state index contributed by atoms with van der Waals surface area (Å²) < 4.78 is 5.63. The van der Waals surface area contributed by atoms with Gasteiger partial charge in [0, 0.05) is 5.88 Å². The maximum atomic E-state index is 9.15. The summed E-state index contributed by atoms with van der Waals surface area (Å²) in [6.45, 7) is 0.478. The predicted molar refractivity (Wildman–Crippen MR) is 68.4 cm³/mol. The van der Waals surface area contributed by atoms with Crippen molar-refractivity contribution in [3.05, 3.63) is 59.7 Å². The normalized spacial score (nSPS) is 10.2. The maximum Gasteiger partial charge on any atom is 0.120 e. The molecule has 17 heavy (non-hydrogen) atoms. The number of hydrogen-bond donors (Lipinski definition) is 1. The molecule has 0 spiro atoms. The molecule has 0 atom stereocenters. The number of halogens is 1. The highest BCUT2D eigenvalue weighted by Crippen LogP contribution is 2.17. The first-order valence-corrected chi connectivity index (χ1v) is 5.87. The molecule has 0 unspecified atom stereocenters. The smallest absolute Gasteiger partial charge is 0.120 e. The highest BCUT2D eigenvalue weighted by Gasteiger charge is 1.98. The van der Waals surface area contributed by atoms with Crippen molar-refractivity contribution in [3.63, 3.8) is 0 Å². The molecule has 0 aliphatic rings. The molecule has 0 aliphatic carbocycles. The summed E-state index contributed by atoms with van der Waals surface area (Å²) in [5, 5.41) is 9.15. The van der Waals surface area contributed by atoms with Crippen LogP contribution in [0.1, 0.15) is 11.1 Å². The molecule has 0 heterocycles. The number of hydrogen-bond acceptors (Lipinski definition) is 2. The molecule has 88 valence electrons. The summed E-state index contributed by atoms with van der Waals surface area (Å²) in [6.07, 6.45) is 0. The van der Waals surface area contributed by atoms with E-state index in [-0.39, 0.29) is 5.75 Å². The van der Waals surface area contributed by atoms with Crippen LogP contribution >= 0.6 is 11.6 Å². The number of rotatable bonds is 4. The summed E-state index contributed by atoms with van der Waals surface area (Å²) >= 11 is 5.75. The first-order chi connectivity index (χ1) is 8.28. The molecule has 1 N–H and O–H groups in total. The SMILES string of the molecule is Oc1ccc(COc2cccc(CCl)c2)cc1. The number of alkyl halides is 1. The summed E-state index contributed by atoms with van der Waals surface area (Å²) in [7, 11) is 0. The van der Waals surface area contributed by atoms with Gasteiger partial charge in [-0.1, -0.05) is 24.3 Å². The second-order valence-corrected chi connectivity index (χ2v) is 4.00. The van der Waals surface area contributed by atoms with Crippen molar-refractivity contribution in [2.45, 2.75) is 12.5 Å². The molecule has 2 aromatic rings. The molecular weight excluding hydrogens is 236 g/mol. The Morgan fingerprint density at radius 2 is 1.76 bits per heavy atom. The Labute approximate surface area is 105 Å². The molecule has 0 fully saturated rings. The number of aromatic hydroxyl groups is 1. The van der Waals surface area contributed by atoms with Crippen molar-refractivity contribution >= 4 is 11.6 Å². The Bertz CT molecular complexity index is 480. The minimum atomic E-state index is 0.262. The van der Waals surface area contributed by atoms with Crippen LogP contribution in [0.25, 0.3) is 0 Å². The fraction of sp³-hybridized carbons (Fsp3) is 0.143. The van der Waals surface area contributed by atoms with Gasteiger partial charge in [-0.15, -0.1) is 11.6 Å². The average molecular weight is 249 g/mol. The number of ether oxygens (including phenoxy) is 1. The first kappa shape index (κ1) is 11.8. The third kappa shape index (κ3) is 3.40. The highest BCUT2D eigenvalue weighted by atomic mass is 35.5. The Hall–Kier alpha value is -1.67. The fourth-order valence-corrected chi connectivity index (χ4v) is 1.64. The van der Waals surface area contributed by atoms with Gasteiger partial charge in [0.25, 0.3) is 0 Å². The van der Waals surface area contributed by atoms with Crippen LogP contribution in [-0.4, -0.2) is 5.11 Å². The minimum absolute atomic E-state index is 0.262. The van der Waals surface area contributed by atoms with Gasteiger partial charge in [0.05, 0.1) is 0 Å². The predicted octanol–water partition coefficient (Wildman–Crippen LogP) is 3.71. The molecule has 3 heteroatoms. The Balaban J connectivity index is 1.99. The van der Waals surface area contributed by atoms with Crippen molar-refractivity contribution in [2.24, 2.45) is 0 Å². The molecule has 2 nitrogen and oxygen atoms in total. The van der Waals surface area contributed by atoms with Crippen molar-refractivity contribution in [3.8, 4) is 11.5 Å². The average Bonchev–Trinajstić information content (AvgIpc) is 2.38. The van der Waals surface area contributed by atoms with E-state index in [4.69, 9.17) is 21.4 Å². The van der Waals surface area contributed by atoms with Crippen LogP contribution in [0.5, 0.6) is 11.5 Å². The largest absolute Gasteiger partial charge is 0.508 e. The Kier molecular flexibility index (Phi) is 3.89. The molecule has 0 aromatic heterocycles. The summed E-state index contributed by atoms with van der Waals surface area (Å²) in [4.78, 5) is 0. The highest BCUT2D eigenvalue weighted by molar-refractivity contribution is 6.17. The topological polar surface area (TPSA) is 29.5 Å². The Morgan fingerprint density at radius 3 is 2.47 bits per heavy atom. The van der Waals surface area contributed by atoms with Gasteiger partial charge in [-0.2, -0.15) is 0 Å². The molecule has 0 amide bonds. The van der Waals surface area contributed by atoms with Gasteiger partial charge in [-0.3, -0.25) is 0 Å². The number of benzene rings is 2. The van der Waals surface area contributed by atoms with Gasteiger partial charge >= 0.3 is 0 Å². The third-order valence-electron chi connectivity index (χ3n) is 2.39. The van der Waals surface area contributed by atoms with Gasteiger partial charge in [-0.25, -0.2) is 0 Å². The lowest BCUT2D eigenvalue weighted by molar-refractivity contribution is 0.306. The van der Waals surface area contributed by atoms with E-state index in [1.807, 2.05) is 36.4 Å². The summed E-state index contributed by atoms with van der Waals surface area (Å²) in [5.74, 6) is 1.55. The zero-order valence-electron chi connectivity index (χ0n) is 9.27. The van der Waals surface area contributed by atoms with Gasteiger partial charge in [0.2, 0.25) is 0 Å². The van der Waals surface area contributed by atoms with Crippen molar-refractivity contribution in [1.82, 2.24) is 0 Å². The second-order valence-electron chi connectivity index (χ2n) is 3.74. The van der Waals surface area contributed by atoms with Crippen LogP contribution in [0.15, 0.2) is 48.5 Å². The monoisotopic (exact) mass is 248 g/mol. The van der Waals surface area contributed by atoms with Crippen LogP contribution in [0, 0.1) is 0 Å². The van der Waals surface area contributed by atoms with E-state index in [1.165, 1.54) is 0 Å². The lowest BCUT2D eigenvalue weighted by Gasteiger charge is -2.07. The van der Waals surface area contributed by atoms with Crippen LogP contribution in [0.3, 0.4) is 0 Å². The molecule has 0 radical (unpaired) electrons. The minimum Gasteiger partial charge on any atom is -0.508 e. The second kappa shape index (κ2) is 5.60. The van der Waals surface area contributed by atoms with Crippen LogP contribution in [0.4, 0.5) is 0 Å². The van der Waals surface area contributed by atoms with Crippen molar-refractivity contribution in [2.75, 3.05) is 0 Å². The van der Waals surface area contributed by atoms with E-state index in [0.717, 1.165) is 16.9 Å². The van der Waals surface area contributed by atoms with Gasteiger partial charge < -0.3 is 9.84 Å². The van der Waals surface area contributed by atoms with Gasteiger partial charge in [0.1, 0.15) is 18.1 Å². The zero-order valence-corrected chi connectivity index (χ0v) is 10.0. The van der Waals surface area contributed by atoms with Crippen LogP contribution < -0.4 is 4.74 Å². The van der Waals surface area contributed by atoms with Crippen LogP contribution in [0.2, 0.25) is 0 Å². The molecular formula is C14H13ClO2. The van der Waals surface area contributed by atoms with E-state index in [1.54, 1.807) is 12.1 Å². The molecule has 0 bridgehead atoms. The molecule has 0 aliphatic heterocycles. The Morgan fingerprint density at radius 1 is 1.00 bits per heavy atom. The van der Waals surface area contributed by atoms with E-state index < -0.39 is 0 Å². The summed E-state index contributed by atoms with van der Waals surface area (Å²) in [6, 6.07) is 14.7. The fourth-order valence-electron chi connectivity index (χ4n) is 1.48. The van der Waals surface area contributed by atoms with Crippen LogP contribution in [-0.2, 0) is 12.5 Å². The summed E-state index contributed by atoms with van der Waals surface area (Å²) in [5.41, 5.74) is 2.05. The van der Waals surface area contributed by atoms with E-state index in [0.29, 0.717) is 12.5 Å².